The molecular formula is C14H13ClF2O3S. The number of hydrogen-bond donors (Lipinski definition) is 1. The van der Waals surface area contributed by atoms with Gasteiger partial charge in [-0.15, -0.1) is 11.3 Å². The van der Waals surface area contributed by atoms with Gasteiger partial charge in [0.25, 0.3) is 0 Å². The van der Waals surface area contributed by atoms with E-state index in [4.69, 9.17) is 16.3 Å². The molecule has 7 heteroatoms. The van der Waals surface area contributed by atoms with Crippen molar-refractivity contribution in [1.82, 2.24) is 0 Å². The van der Waals surface area contributed by atoms with Crippen molar-refractivity contribution in [3.8, 4) is 11.5 Å². The molecule has 1 heterocycles. The Bertz CT molecular complexity index is 604. The molecule has 0 radical (unpaired) electrons. The molecule has 0 aliphatic carbocycles. The summed E-state index contributed by atoms with van der Waals surface area (Å²) in [5, 5.41) is 12.5. The maximum Gasteiger partial charge on any atom is 0.387 e. The first-order valence-corrected chi connectivity index (χ1v) is 7.41. The van der Waals surface area contributed by atoms with E-state index in [1.54, 1.807) is 18.4 Å². The fraction of sp³-hybridized carbons (Fsp3) is 0.286. The van der Waals surface area contributed by atoms with Crippen LogP contribution in [-0.2, 0) is 0 Å². The Labute approximate surface area is 129 Å². The third-order valence-corrected chi connectivity index (χ3v) is 4.10. The van der Waals surface area contributed by atoms with Gasteiger partial charge >= 0.3 is 6.61 Å². The summed E-state index contributed by atoms with van der Waals surface area (Å²) < 4.78 is 34.3. The highest BCUT2D eigenvalue weighted by atomic mass is 35.5. The van der Waals surface area contributed by atoms with E-state index in [0.717, 1.165) is 0 Å². The average molecular weight is 335 g/mol. The summed E-state index contributed by atoms with van der Waals surface area (Å²) in [7, 11) is 0. The van der Waals surface area contributed by atoms with Crippen LogP contribution in [0.15, 0.2) is 29.6 Å². The van der Waals surface area contributed by atoms with E-state index in [2.05, 4.69) is 4.74 Å². The normalized spacial score (nSPS) is 12.5. The summed E-state index contributed by atoms with van der Waals surface area (Å²) in [4.78, 5) is 0.585. The molecule has 21 heavy (non-hydrogen) atoms. The van der Waals surface area contributed by atoms with Gasteiger partial charge in [-0.25, -0.2) is 0 Å². The second-order valence-corrected chi connectivity index (χ2v) is 5.41. The number of aliphatic hydroxyl groups excluding tert-OH is 1. The molecule has 0 spiro atoms. The monoisotopic (exact) mass is 334 g/mol. The summed E-state index contributed by atoms with van der Waals surface area (Å²) >= 11 is 7.29. The minimum atomic E-state index is -2.94. The van der Waals surface area contributed by atoms with E-state index in [0.29, 0.717) is 22.1 Å². The van der Waals surface area contributed by atoms with Gasteiger partial charge in [0.05, 0.1) is 16.5 Å². The van der Waals surface area contributed by atoms with Crippen molar-refractivity contribution < 1.29 is 23.4 Å². The van der Waals surface area contributed by atoms with Gasteiger partial charge in [-0.2, -0.15) is 8.78 Å². The van der Waals surface area contributed by atoms with Gasteiger partial charge < -0.3 is 14.6 Å². The van der Waals surface area contributed by atoms with Gasteiger partial charge in [-0.05, 0) is 36.1 Å². The Balaban J connectivity index is 2.33. The molecule has 114 valence electrons. The zero-order valence-electron chi connectivity index (χ0n) is 11.1. The molecule has 0 saturated heterocycles. The number of halogens is 3. The molecule has 0 bridgehead atoms. The SMILES string of the molecule is CCOc1cc(C(O)c2sccc2Cl)ccc1OC(F)F. The molecule has 0 amide bonds. The lowest BCUT2D eigenvalue weighted by molar-refractivity contribution is -0.0514. The predicted octanol–water partition coefficient (Wildman–Crippen LogP) is 4.48. The molecule has 1 aromatic heterocycles. The van der Waals surface area contributed by atoms with Crippen molar-refractivity contribution in [2.75, 3.05) is 6.61 Å². The van der Waals surface area contributed by atoms with E-state index in [-0.39, 0.29) is 11.5 Å². The highest BCUT2D eigenvalue weighted by Crippen LogP contribution is 2.37. The third-order valence-electron chi connectivity index (χ3n) is 2.69. The van der Waals surface area contributed by atoms with Crippen LogP contribution in [-0.4, -0.2) is 18.3 Å². The van der Waals surface area contributed by atoms with Crippen molar-refractivity contribution in [3.63, 3.8) is 0 Å². The minimum Gasteiger partial charge on any atom is -0.490 e. The summed E-state index contributed by atoms with van der Waals surface area (Å²) in [5.74, 6) is 0.0853. The molecule has 2 rings (SSSR count). The Hall–Kier alpha value is -1.37. The van der Waals surface area contributed by atoms with Gasteiger partial charge in [-0.3, -0.25) is 0 Å². The lowest BCUT2D eigenvalue weighted by atomic mass is 10.1. The molecule has 1 N–H and O–H groups in total. The second kappa shape index (κ2) is 7.06. The van der Waals surface area contributed by atoms with Crippen LogP contribution in [0.25, 0.3) is 0 Å². The highest BCUT2D eigenvalue weighted by Gasteiger charge is 2.19. The molecular weight excluding hydrogens is 322 g/mol. The largest absolute Gasteiger partial charge is 0.490 e. The van der Waals surface area contributed by atoms with E-state index < -0.39 is 12.7 Å². The van der Waals surface area contributed by atoms with Gasteiger partial charge in [0.2, 0.25) is 0 Å². The standard InChI is InChI=1S/C14H13ClF2O3S/c1-2-19-11-7-8(3-4-10(11)20-14(16)17)12(18)13-9(15)5-6-21-13/h3-7,12,14,18H,2H2,1H3. The molecule has 0 aliphatic heterocycles. The zero-order valence-corrected chi connectivity index (χ0v) is 12.6. The van der Waals surface area contributed by atoms with Crippen LogP contribution in [0.1, 0.15) is 23.5 Å². The third kappa shape index (κ3) is 3.84. The summed E-state index contributed by atoms with van der Waals surface area (Å²) in [6.07, 6.45) is -0.947. The van der Waals surface area contributed by atoms with E-state index in [9.17, 15) is 13.9 Å². The predicted molar refractivity (Wildman–Crippen MR) is 77.6 cm³/mol. The summed E-state index contributed by atoms with van der Waals surface area (Å²) in [6.45, 7) is -0.920. The van der Waals surface area contributed by atoms with Crippen molar-refractivity contribution in [3.05, 3.63) is 45.1 Å². The Kier molecular flexibility index (Phi) is 5.39. The molecule has 0 saturated carbocycles. The second-order valence-electron chi connectivity index (χ2n) is 4.05. The number of alkyl halides is 2. The molecule has 0 fully saturated rings. The maximum absolute atomic E-state index is 12.3. The highest BCUT2D eigenvalue weighted by molar-refractivity contribution is 7.10. The van der Waals surface area contributed by atoms with Gasteiger partial charge in [0, 0.05) is 0 Å². The van der Waals surface area contributed by atoms with Crippen LogP contribution in [0.2, 0.25) is 5.02 Å². The van der Waals surface area contributed by atoms with Crippen LogP contribution in [0.4, 0.5) is 8.78 Å². The van der Waals surface area contributed by atoms with E-state index >= 15 is 0 Å². The zero-order chi connectivity index (χ0) is 15.4. The molecule has 3 nitrogen and oxygen atoms in total. The number of aliphatic hydroxyl groups is 1. The van der Waals surface area contributed by atoms with Crippen LogP contribution in [0, 0.1) is 0 Å². The smallest absolute Gasteiger partial charge is 0.387 e. The van der Waals surface area contributed by atoms with Gasteiger partial charge in [-0.1, -0.05) is 17.7 Å². The molecule has 2 aromatic rings. The molecule has 1 unspecified atom stereocenters. The Morgan fingerprint density at radius 3 is 2.62 bits per heavy atom. The van der Waals surface area contributed by atoms with Crippen LogP contribution >= 0.6 is 22.9 Å². The fourth-order valence-electron chi connectivity index (χ4n) is 1.81. The maximum atomic E-state index is 12.3. The van der Waals surface area contributed by atoms with Crippen LogP contribution < -0.4 is 9.47 Å². The molecule has 1 aromatic carbocycles. The van der Waals surface area contributed by atoms with Crippen molar-refractivity contribution >= 4 is 22.9 Å². The Morgan fingerprint density at radius 2 is 2.05 bits per heavy atom. The molecule has 1 atom stereocenters. The van der Waals surface area contributed by atoms with Crippen LogP contribution in [0.3, 0.4) is 0 Å². The first kappa shape index (κ1) is 16.0. The Morgan fingerprint density at radius 1 is 1.29 bits per heavy atom. The number of benzene rings is 1. The lowest BCUT2D eigenvalue weighted by Crippen LogP contribution is -2.06. The first-order chi connectivity index (χ1) is 10.0. The van der Waals surface area contributed by atoms with E-state index in [1.165, 1.54) is 29.5 Å². The van der Waals surface area contributed by atoms with Crippen molar-refractivity contribution in [2.24, 2.45) is 0 Å². The van der Waals surface area contributed by atoms with Crippen LogP contribution in [0.5, 0.6) is 11.5 Å². The lowest BCUT2D eigenvalue weighted by Gasteiger charge is -2.15. The van der Waals surface area contributed by atoms with Crippen molar-refractivity contribution in [2.45, 2.75) is 19.6 Å². The first-order valence-electron chi connectivity index (χ1n) is 6.15. The molecule has 0 aliphatic rings. The number of ether oxygens (including phenoxy) is 2. The van der Waals surface area contributed by atoms with Gasteiger partial charge in [0.1, 0.15) is 6.10 Å². The van der Waals surface area contributed by atoms with E-state index in [1.807, 2.05) is 0 Å². The average Bonchev–Trinajstić information content (AvgIpc) is 2.86. The number of rotatable bonds is 6. The number of thiophene rings is 1. The topological polar surface area (TPSA) is 38.7 Å². The van der Waals surface area contributed by atoms with Gasteiger partial charge in [0.15, 0.2) is 11.5 Å². The summed E-state index contributed by atoms with van der Waals surface area (Å²) in [5.41, 5.74) is 0.490. The summed E-state index contributed by atoms with van der Waals surface area (Å²) in [6, 6.07) is 6.00. The van der Waals surface area contributed by atoms with Crippen molar-refractivity contribution in [1.29, 1.82) is 0 Å². The minimum absolute atomic E-state index is 0.0694. The number of hydrogen-bond acceptors (Lipinski definition) is 4. The quantitative estimate of drug-likeness (QED) is 0.846. The fourth-order valence-corrected chi connectivity index (χ4v) is 2.98.